The van der Waals surface area contributed by atoms with Crippen LogP contribution in [0.15, 0.2) is 0 Å². The van der Waals surface area contributed by atoms with E-state index in [2.05, 4.69) is 43.1 Å². The summed E-state index contributed by atoms with van der Waals surface area (Å²) in [7, 11) is 4.47. The van der Waals surface area contributed by atoms with E-state index in [-0.39, 0.29) is 0 Å². The molecule has 16 heavy (non-hydrogen) atoms. The van der Waals surface area contributed by atoms with Gasteiger partial charge in [-0.2, -0.15) is 0 Å². The summed E-state index contributed by atoms with van der Waals surface area (Å²) in [5, 5.41) is 3.62. The van der Waals surface area contributed by atoms with Crippen molar-refractivity contribution in [1.82, 2.24) is 15.1 Å². The van der Waals surface area contributed by atoms with Crippen molar-refractivity contribution in [2.75, 3.05) is 46.8 Å². The quantitative estimate of drug-likeness (QED) is 0.737. The van der Waals surface area contributed by atoms with Gasteiger partial charge in [0.25, 0.3) is 0 Å². The van der Waals surface area contributed by atoms with Gasteiger partial charge in [-0.25, -0.2) is 0 Å². The van der Waals surface area contributed by atoms with Crippen LogP contribution in [0.1, 0.15) is 26.7 Å². The Morgan fingerprint density at radius 2 is 2.06 bits per heavy atom. The van der Waals surface area contributed by atoms with Crippen LogP contribution in [0.4, 0.5) is 0 Å². The van der Waals surface area contributed by atoms with Gasteiger partial charge in [-0.3, -0.25) is 4.90 Å². The Labute approximate surface area is 101 Å². The first-order valence-corrected chi connectivity index (χ1v) is 6.73. The van der Waals surface area contributed by atoms with Crippen LogP contribution in [0.25, 0.3) is 0 Å². The average molecular weight is 227 g/mol. The van der Waals surface area contributed by atoms with E-state index in [0.717, 1.165) is 12.5 Å². The Balaban J connectivity index is 2.15. The number of hydrogen-bond donors (Lipinski definition) is 1. The maximum Gasteiger partial charge on any atom is 0.0345 e. The molecule has 1 saturated heterocycles. The highest BCUT2D eigenvalue weighted by atomic mass is 15.3. The minimum atomic E-state index is 0.688. The molecule has 0 aliphatic carbocycles. The lowest BCUT2D eigenvalue weighted by molar-refractivity contribution is 0.113. The van der Waals surface area contributed by atoms with Crippen molar-refractivity contribution in [1.29, 1.82) is 0 Å². The molecule has 0 bridgehead atoms. The Bertz CT molecular complexity index is 184. The van der Waals surface area contributed by atoms with Crippen LogP contribution < -0.4 is 5.32 Å². The molecule has 0 spiro atoms. The van der Waals surface area contributed by atoms with E-state index in [1.165, 1.54) is 39.0 Å². The van der Waals surface area contributed by atoms with Gasteiger partial charge in [-0.15, -0.1) is 0 Å². The molecule has 2 unspecified atom stereocenters. The molecule has 0 aromatic carbocycles. The standard InChI is InChI=1S/C13H29N3/c1-5-6-12(2)9-14-10-13-11-15(3)7-8-16(13)4/h12-14H,5-11H2,1-4H3. The van der Waals surface area contributed by atoms with Crippen LogP contribution >= 0.6 is 0 Å². The summed E-state index contributed by atoms with van der Waals surface area (Å²) in [5.41, 5.74) is 0. The molecule has 1 aliphatic heterocycles. The van der Waals surface area contributed by atoms with Crippen molar-refractivity contribution in [2.45, 2.75) is 32.7 Å². The molecule has 0 aromatic heterocycles. The third-order valence-corrected chi connectivity index (χ3v) is 3.63. The topological polar surface area (TPSA) is 18.5 Å². The highest BCUT2D eigenvalue weighted by molar-refractivity contribution is 4.80. The molecule has 1 rings (SSSR count). The number of piperazine rings is 1. The predicted octanol–water partition coefficient (Wildman–Crippen LogP) is 1.26. The van der Waals surface area contributed by atoms with Gasteiger partial charge in [0, 0.05) is 32.2 Å². The van der Waals surface area contributed by atoms with E-state index in [1.807, 2.05) is 0 Å². The smallest absolute Gasteiger partial charge is 0.0345 e. The number of nitrogens with one attached hydrogen (secondary N) is 1. The highest BCUT2D eigenvalue weighted by Gasteiger charge is 2.21. The molecular formula is C13H29N3. The molecule has 1 N–H and O–H groups in total. The van der Waals surface area contributed by atoms with E-state index >= 15 is 0 Å². The van der Waals surface area contributed by atoms with E-state index in [1.54, 1.807) is 0 Å². The van der Waals surface area contributed by atoms with Crippen molar-refractivity contribution in [3.63, 3.8) is 0 Å². The second kappa shape index (κ2) is 7.25. The minimum Gasteiger partial charge on any atom is -0.315 e. The molecule has 1 heterocycles. The van der Waals surface area contributed by atoms with Crippen molar-refractivity contribution < 1.29 is 0 Å². The summed E-state index contributed by atoms with van der Waals surface area (Å²) in [6, 6.07) is 0.688. The van der Waals surface area contributed by atoms with E-state index in [4.69, 9.17) is 0 Å². The molecule has 3 heteroatoms. The van der Waals surface area contributed by atoms with Crippen LogP contribution in [0.2, 0.25) is 0 Å². The fraction of sp³-hybridized carbons (Fsp3) is 1.00. The lowest BCUT2D eigenvalue weighted by Crippen LogP contribution is -2.54. The van der Waals surface area contributed by atoms with E-state index in [9.17, 15) is 0 Å². The van der Waals surface area contributed by atoms with Gasteiger partial charge in [-0.1, -0.05) is 20.3 Å². The summed E-state index contributed by atoms with van der Waals surface area (Å²) in [4.78, 5) is 4.92. The van der Waals surface area contributed by atoms with Gasteiger partial charge in [0.2, 0.25) is 0 Å². The van der Waals surface area contributed by atoms with Crippen molar-refractivity contribution in [3.05, 3.63) is 0 Å². The molecule has 96 valence electrons. The molecule has 0 aromatic rings. The second-order valence-electron chi connectivity index (χ2n) is 5.45. The molecule has 2 atom stereocenters. The summed E-state index contributed by atoms with van der Waals surface area (Å²) >= 11 is 0. The number of nitrogens with zero attached hydrogens (tertiary/aromatic N) is 2. The highest BCUT2D eigenvalue weighted by Crippen LogP contribution is 2.06. The summed E-state index contributed by atoms with van der Waals surface area (Å²) in [6.07, 6.45) is 2.64. The zero-order valence-electron chi connectivity index (χ0n) is 11.5. The largest absolute Gasteiger partial charge is 0.315 e. The molecule has 0 radical (unpaired) electrons. The fourth-order valence-electron chi connectivity index (χ4n) is 2.41. The van der Waals surface area contributed by atoms with Crippen LogP contribution in [0.5, 0.6) is 0 Å². The van der Waals surface area contributed by atoms with Gasteiger partial charge >= 0.3 is 0 Å². The van der Waals surface area contributed by atoms with Gasteiger partial charge in [0.1, 0.15) is 0 Å². The van der Waals surface area contributed by atoms with Gasteiger partial charge < -0.3 is 10.2 Å². The minimum absolute atomic E-state index is 0.688. The van der Waals surface area contributed by atoms with Gasteiger partial charge in [-0.05, 0) is 33.0 Å². The lowest BCUT2D eigenvalue weighted by Gasteiger charge is -2.38. The Kier molecular flexibility index (Phi) is 6.32. The third kappa shape index (κ3) is 4.81. The number of likely N-dealkylation sites (N-methyl/N-ethyl adjacent to an activating group) is 2. The van der Waals surface area contributed by atoms with Crippen molar-refractivity contribution in [3.8, 4) is 0 Å². The van der Waals surface area contributed by atoms with Crippen LogP contribution in [-0.4, -0.2) is 62.7 Å². The third-order valence-electron chi connectivity index (χ3n) is 3.63. The zero-order chi connectivity index (χ0) is 12.0. The van der Waals surface area contributed by atoms with E-state index in [0.29, 0.717) is 6.04 Å². The molecule has 0 amide bonds. The Hall–Kier alpha value is -0.120. The first-order chi connectivity index (χ1) is 7.63. The van der Waals surface area contributed by atoms with Crippen LogP contribution in [0.3, 0.4) is 0 Å². The van der Waals surface area contributed by atoms with Gasteiger partial charge in [0.05, 0.1) is 0 Å². The summed E-state index contributed by atoms with van der Waals surface area (Å²) in [6.45, 7) is 10.5. The first-order valence-electron chi connectivity index (χ1n) is 6.73. The van der Waals surface area contributed by atoms with Crippen LogP contribution in [-0.2, 0) is 0 Å². The van der Waals surface area contributed by atoms with Crippen molar-refractivity contribution in [2.24, 2.45) is 5.92 Å². The van der Waals surface area contributed by atoms with E-state index < -0.39 is 0 Å². The SMILES string of the molecule is CCCC(C)CNCC1CN(C)CCN1C. The second-order valence-corrected chi connectivity index (χ2v) is 5.45. The Morgan fingerprint density at radius 3 is 2.75 bits per heavy atom. The monoisotopic (exact) mass is 227 g/mol. The first kappa shape index (κ1) is 13.9. The summed E-state index contributed by atoms with van der Waals surface area (Å²) < 4.78 is 0. The van der Waals surface area contributed by atoms with Gasteiger partial charge in [0.15, 0.2) is 0 Å². The summed E-state index contributed by atoms with van der Waals surface area (Å²) in [5.74, 6) is 0.816. The maximum atomic E-state index is 3.62. The van der Waals surface area contributed by atoms with Crippen LogP contribution in [0, 0.1) is 5.92 Å². The lowest BCUT2D eigenvalue weighted by atomic mass is 10.1. The normalized spacial score (nSPS) is 25.9. The Morgan fingerprint density at radius 1 is 1.31 bits per heavy atom. The number of hydrogen-bond acceptors (Lipinski definition) is 3. The molecule has 3 nitrogen and oxygen atoms in total. The molecular weight excluding hydrogens is 198 g/mol. The molecule has 0 saturated carbocycles. The predicted molar refractivity (Wildman–Crippen MR) is 70.9 cm³/mol. The average Bonchev–Trinajstić information content (AvgIpc) is 2.23. The molecule has 1 fully saturated rings. The fourth-order valence-corrected chi connectivity index (χ4v) is 2.41. The number of rotatable bonds is 6. The molecule has 1 aliphatic rings. The van der Waals surface area contributed by atoms with Crippen molar-refractivity contribution >= 4 is 0 Å². The maximum absolute atomic E-state index is 3.62. The zero-order valence-corrected chi connectivity index (χ0v) is 11.5.